The normalized spacial score (nSPS) is 14.4. The molecule has 2 aromatic heterocycles. The van der Waals surface area contributed by atoms with E-state index < -0.39 is 0 Å². The molecule has 2 heterocycles. The van der Waals surface area contributed by atoms with Gasteiger partial charge in [-0.15, -0.1) is 0 Å². The summed E-state index contributed by atoms with van der Waals surface area (Å²) in [4.78, 5) is 11.0. The Labute approximate surface area is 337 Å². The molecular formula is C53H49N4+. The van der Waals surface area contributed by atoms with E-state index in [1.807, 2.05) is 42.6 Å². The average Bonchev–Trinajstić information content (AvgIpc) is 3.78. The topological polar surface area (TPSA) is 25.4 Å². The van der Waals surface area contributed by atoms with Crippen molar-refractivity contribution in [3.05, 3.63) is 202 Å². The van der Waals surface area contributed by atoms with Gasteiger partial charge in [-0.3, -0.25) is 4.98 Å². The predicted octanol–water partition coefficient (Wildman–Crippen LogP) is 14.2. The third-order valence-electron chi connectivity index (χ3n) is 11.1. The third-order valence-corrected chi connectivity index (χ3v) is 11.1. The van der Waals surface area contributed by atoms with Gasteiger partial charge in [0.25, 0.3) is 6.57 Å². The van der Waals surface area contributed by atoms with Crippen LogP contribution in [0, 0.1) is 6.57 Å². The summed E-state index contributed by atoms with van der Waals surface area (Å²) in [6.45, 7) is 14.1. The van der Waals surface area contributed by atoms with Crippen LogP contribution in [-0.2, 0) is 19.5 Å². The first-order valence-electron chi connectivity index (χ1n) is 20.3. The van der Waals surface area contributed by atoms with E-state index in [0.717, 1.165) is 60.6 Å². The van der Waals surface area contributed by atoms with E-state index in [0.29, 0.717) is 6.54 Å². The highest BCUT2D eigenvalue weighted by Gasteiger charge is 2.24. The molecule has 0 aliphatic heterocycles. The Morgan fingerprint density at radius 2 is 1.56 bits per heavy atom. The van der Waals surface area contributed by atoms with Gasteiger partial charge in [0.1, 0.15) is 5.69 Å². The summed E-state index contributed by atoms with van der Waals surface area (Å²) in [5, 5.41) is 2.57. The summed E-state index contributed by atoms with van der Waals surface area (Å²) < 4.78 is 2.45. The monoisotopic (exact) mass is 741 g/mol. The van der Waals surface area contributed by atoms with Crippen LogP contribution in [-0.4, -0.2) is 9.55 Å². The van der Waals surface area contributed by atoms with Crippen molar-refractivity contribution < 1.29 is 0 Å². The van der Waals surface area contributed by atoms with Crippen LogP contribution >= 0.6 is 0 Å². The van der Waals surface area contributed by atoms with E-state index in [2.05, 4.69) is 161 Å². The van der Waals surface area contributed by atoms with Gasteiger partial charge < -0.3 is 9.47 Å². The summed E-state index contributed by atoms with van der Waals surface area (Å²) in [6.07, 6.45) is 14.9. The second kappa shape index (κ2) is 17.0. The van der Waals surface area contributed by atoms with Gasteiger partial charge in [-0.25, -0.2) is 0 Å². The van der Waals surface area contributed by atoms with Crippen LogP contribution in [0.3, 0.4) is 0 Å². The van der Waals surface area contributed by atoms with Gasteiger partial charge in [0.05, 0.1) is 5.69 Å². The zero-order valence-corrected chi connectivity index (χ0v) is 33.2. The van der Waals surface area contributed by atoms with E-state index in [-0.39, 0.29) is 0 Å². The molecule has 0 amide bonds. The van der Waals surface area contributed by atoms with Gasteiger partial charge in [0.2, 0.25) is 0 Å². The standard InChI is InChI=1S/C53H49N4/c1-5-17-42(57(53-26-13-11-24-50(53)54-4)37-38-27-29-39(30-28-38)49-23-14-15-33-55-49)20-16-34-56-51-25-12-10-22-46(51)48-36-41(31-32-52(48)56)43(7-3)47-35-40-19-8-9-21-44(40)45(47)18-6-2/h4,8-33,36H,5-7,34-35,37H2,1-3H3/q+1/b20-16-,42-17+,45-18-,47-43+. The number of hydrogen-bond donors (Lipinski definition) is 0. The highest BCUT2D eigenvalue weighted by molar-refractivity contribution is 6.09. The summed E-state index contributed by atoms with van der Waals surface area (Å²) in [5.41, 5.74) is 17.0. The molecule has 4 heteroatoms. The minimum Gasteiger partial charge on any atom is -0.337 e. The number of allylic oxidation sites excluding steroid dienone is 7. The molecule has 0 atom stereocenters. The van der Waals surface area contributed by atoms with Crippen molar-refractivity contribution >= 4 is 44.3 Å². The number of para-hydroxylation sites is 3. The van der Waals surface area contributed by atoms with Crippen LogP contribution in [0.5, 0.6) is 0 Å². The molecule has 57 heavy (non-hydrogen) atoms. The second-order valence-corrected chi connectivity index (χ2v) is 14.6. The number of pyridine rings is 1. The maximum Gasteiger partial charge on any atom is 0.363 e. The molecule has 7 aromatic rings. The second-order valence-electron chi connectivity index (χ2n) is 14.6. The highest BCUT2D eigenvalue weighted by atomic mass is 15.1. The summed E-state index contributed by atoms with van der Waals surface area (Å²) in [5.74, 6) is 0. The number of rotatable bonds is 12. The van der Waals surface area contributed by atoms with Crippen molar-refractivity contribution in [3.63, 3.8) is 0 Å². The van der Waals surface area contributed by atoms with Crippen molar-refractivity contribution in [2.45, 2.75) is 59.5 Å². The minimum absolute atomic E-state index is 0.652. The van der Waals surface area contributed by atoms with Gasteiger partial charge in [-0.05, 0) is 112 Å². The van der Waals surface area contributed by atoms with Crippen molar-refractivity contribution in [1.29, 1.82) is 0 Å². The van der Waals surface area contributed by atoms with Gasteiger partial charge in [0.15, 0.2) is 0 Å². The molecular weight excluding hydrogens is 693 g/mol. The van der Waals surface area contributed by atoms with Crippen LogP contribution in [0.4, 0.5) is 11.4 Å². The smallest absolute Gasteiger partial charge is 0.337 e. The Balaban J connectivity index is 1.14. The molecule has 280 valence electrons. The molecule has 0 saturated heterocycles. The van der Waals surface area contributed by atoms with Crippen molar-refractivity contribution in [2.75, 3.05) is 4.90 Å². The first kappa shape index (κ1) is 37.2. The van der Waals surface area contributed by atoms with Gasteiger partial charge in [0, 0.05) is 58.4 Å². The quantitative estimate of drug-likeness (QED) is 0.117. The Bertz CT molecular complexity index is 2720. The van der Waals surface area contributed by atoms with Crippen LogP contribution < -0.4 is 4.90 Å². The van der Waals surface area contributed by atoms with Crippen molar-refractivity contribution in [1.82, 2.24) is 9.55 Å². The molecule has 0 N–H and O–H groups in total. The number of anilines is 1. The molecule has 5 aromatic carbocycles. The zero-order chi connectivity index (χ0) is 39.1. The van der Waals surface area contributed by atoms with E-state index in [1.54, 1.807) is 0 Å². The summed E-state index contributed by atoms with van der Waals surface area (Å²) in [6, 6.07) is 47.6. The number of nitrogens with zero attached hydrogens (tertiary/aromatic N) is 4. The van der Waals surface area contributed by atoms with Crippen LogP contribution in [0.25, 0.3) is 49.1 Å². The number of fused-ring (bicyclic) bond motifs is 4. The Morgan fingerprint density at radius 1 is 0.789 bits per heavy atom. The third kappa shape index (κ3) is 7.50. The van der Waals surface area contributed by atoms with Crippen LogP contribution in [0.2, 0.25) is 0 Å². The molecule has 1 aliphatic carbocycles. The SMILES string of the molecule is C#[N+]c1ccccc1N(Cc1ccc(-c2ccccn2)cc1)C(/C=C\Cn1c2ccccc2c2cc(/C(CC)=C3\Cc4ccccc4\C3=C\CC)ccc21)=C/CC. The van der Waals surface area contributed by atoms with E-state index in [4.69, 9.17) is 6.57 Å². The fraction of sp³-hybridized carbons (Fsp3) is 0.170. The maximum atomic E-state index is 5.97. The van der Waals surface area contributed by atoms with E-state index in [1.165, 1.54) is 60.8 Å². The van der Waals surface area contributed by atoms with Gasteiger partial charge in [-0.1, -0.05) is 130 Å². The molecule has 0 saturated carbocycles. The fourth-order valence-electron chi connectivity index (χ4n) is 8.49. The first-order chi connectivity index (χ1) is 28.1. The first-order valence-corrected chi connectivity index (χ1v) is 20.3. The predicted molar refractivity (Wildman–Crippen MR) is 243 cm³/mol. The lowest BCUT2D eigenvalue weighted by atomic mass is 9.92. The number of benzene rings is 5. The molecule has 8 rings (SSSR count). The molecule has 4 nitrogen and oxygen atoms in total. The van der Waals surface area contributed by atoms with Crippen molar-refractivity contribution in [3.8, 4) is 17.8 Å². The molecule has 0 spiro atoms. The van der Waals surface area contributed by atoms with Crippen LogP contribution in [0.15, 0.2) is 175 Å². The summed E-state index contributed by atoms with van der Waals surface area (Å²) in [7, 11) is 0. The number of hydrogen-bond acceptors (Lipinski definition) is 2. The van der Waals surface area contributed by atoms with E-state index >= 15 is 0 Å². The lowest BCUT2D eigenvalue weighted by Gasteiger charge is -2.25. The minimum atomic E-state index is 0.652. The molecule has 0 radical (unpaired) electrons. The average molecular weight is 742 g/mol. The molecule has 0 bridgehead atoms. The molecule has 1 aliphatic rings. The van der Waals surface area contributed by atoms with E-state index in [9.17, 15) is 0 Å². The number of aromatic nitrogens is 2. The lowest BCUT2D eigenvalue weighted by Crippen LogP contribution is -2.21. The van der Waals surface area contributed by atoms with Gasteiger partial charge in [-0.2, -0.15) is 0 Å². The lowest BCUT2D eigenvalue weighted by molar-refractivity contribution is 0.888. The molecule has 0 fully saturated rings. The Kier molecular flexibility index (Phi) is 11.1. The molecule has 0 unspecified atom stereocenters. The van der Waals surface area contributed by atoms with Gasteiger partial charge >= 0.3 is 5.69 Å². The Hall–Kier alpha value is -6.70. The largest absolute Gasteiger partial charge is 0.363 e. The van der Waals surface area contributed by atoms with Crippen molar-refractivity contribution in [2.24, 2.45) is 0 Å². The zero-order valence-electron chi connectivity index (χ0n) is 33.2. The summed E-state index contributed by atoms with van der Waals surface area (Å²) >= 11 is 0. The Morgan fingerprint density at radius 3 is 2.35 bits per heavy atom. The fourth-order valence-corrected chi connectivity index (χ4v) is 8.49. The van der Waals surface area contributed by atoms with Crippen LogP contribution in [0.1, 0.15) is 62.3 Å². The highest BCUT2D eigenvalue weighted by Crippen LogP contribution is 2.43. The maximum absolute atomic E-state index is 5.97.